The highest BCUT2D eigenvalue weighted by Gasteiger charge is 2.16. The lowest BCUT2D eigenvalue weighted by atomic mass is 10.1. The zero-order valence-corrected chi connectivity index (χ0v) is 17.2. The lowest BCUT2D eigenvalue weighted by Gasteiger charge is -2.13. The average molecular weight is 397 g/mol. The maximum atomic E-state index is 12.4. The summed E-state index contributed by atoms with van der Waals surface area (Å²) < 4.78 is 7.35. The van der Waals surface area contributed by atoms with Gasteiger partial charge in [0, 0.05) is 11.3 Å². The molecule has 0 radical (unpaired) electrons. The molecule has 3 rings (SSSR count). The molecule has 0 bridgehead atoms. The molecule has 0 fully saturated rings. The second-order valence-corrected chi connectivity index (χ2v) is 7.67. The first-order valence-corrected chi connectivity index (χ1v) is 10.3. The van der Waals surface area contributed by atoms with E-state index in [2.05, 4.69) is 4.98 Å². The molecule has 2 aromatic carbocycles. The van der Waals surface area contributed by atoms with Crippen LogP contribution in [0.5, 0.6) is 0 Å². The predicted octanol–water partition coefficient (Wildman–Crippen LogP) is 4.87. The normalized spacial score (nSPS) is 12.1. The Kier molecular flexibility index (Phi) is 6.52. The first-order chi connectivity index (χ1) is 13.5. The molecule has 0 spiro atoms. The standard InChI is InChI=1S/C22H24N2O3S/c1-4-15(2)27-21(26)13-24-20-11-6-5-10-19(20)23-22(24)28-14-17-8-7-9-18(12-17)16(3)25/h5-12,15H,4,13-14H2,1-3H3. The summed E-state index contributed by atoms with van der Waals surface area (Å²) in [5.74, 6) is 0.440. The first kappa shape index (κ1) is 20.1. The number of hydrogen-bond donors (Lipinski definition) is 0. The molecular formula is C22H24N2O3S. The fraction of sp³-hybridized carbons (Fsp3) is 0.318. The summed E-state index contributed by atoms with van der Waals surface area (Å²) in [6, 6.07) is 15.4. The fourth-order valence-electron chi connectivity index (χ4n) is 2.82. The van der Waals surface area contributed by atoms with Gasteiger partial charge in [-0.2, -0.15) is 0 Å². The number of ketones is 1. The van der Waals surface area contributed by atoms with Gasteiger partial charge in [0.15, 0.2) is 10.9 Å². The number of Topliss-reactive ketones (excluding diaryl/α,β-unsaturated/α-hetero) is 1. The number of rotatable bonds is 8. The summed E-state index contributed by atoms with van der Waals surface area (Å²) >= 11 is 1.55. The van der Waals surface area contributed by atoms with Gasteiger partial charge in [-0.1, -0.05) is 49.0 Å². The van der Waals surface area contributed by atoms with E-state index in [1.165, 1.54) is 0 Å². The van der Waals surface area contributed by atoms with E-state index >= 15 is 0 Å². The minimum absolute atomic E-state index is 0.0480. The summed E-state index contributed by atoms with van der Waals surface area (Å²) in [4.78, 5) is 28.6. The van der Waals surface area contributed by atoms with E-state index in [0.29, 0.717) is 11.3 Å². The van der Waals surface area contributed by atoms with Gasteiger partial charge in [0.1, 0.15) is 6.54 Å². The number of imidazole rings is 1. The number of esters is 1. The number of hydrogen-bond acceptors (Lipinski definition) is 5. The third kappa shape index (κ3) is 4.81. The van der Waals surface area contributed by atoms with Crippen molar-refractivity contribution in [1.29, 1.82) is 0 Å². The van der Waals surface area contributed by atoms with Gasteiger partial charge >= 0.3 is 5.97 Å². The Morgan fingerprint density at radius 1 is 1.18 bits per heavy atom. The van der Waals surface area contributed by atoms with Crippen molar-refractivity contribution in [2.45, 2.75) is 50.8 Å². The van der Waals surface area contributed by atoms with Crippen LogP contribution in [0.2, 0.25) is 0 Å². The Bertz CT molecular complexity index is 996. The summed E-state index contributed by atoms with van der Waals surface area (Å²) in [6.45, 7) is 5.57. The zero-order valence-electron chi connectivity index (χ0n) is 16.3. The van der Waals surface area contributed by atoms with Crippen LogP contribution in [0.4, 0.5) is 0 Å². The molecule has 1 unspecified atom stereocenters. The SMILES string of the molecule is CCC(C)OC(=O)Cn1c(SCc2cccc(C(C)=O)c2)nc2ccccc21. The van der Waals surface area contributed by atoms with Gasteiger partial charge in [-0.25, -0.2) is 4.98 Å². The van der Waals surface area contributed by atoms with Crippen molar-refractivity contribution in [2.24, 2.45) is 0 Å². The number of benzene rings is 2. The van der Waals surface area contributed by atoms with Crippen LogP contribution in [0, 0.1) is 0 Å². The highest BCUT2D eigenvalue weighted by atomic mass is 32.2. The number of carbonyl (C=O) groups is 2. The highest BCUT2D eigenvalue weighted by molar-refractivity contribution is 7.98. The third-order valence-corrected chi connectivity index (χ3v) is 5.56. The summed E-state index contributed by atoms with van der Waals surface area (Å²) in [6.07, 6.45) is 0.678. The largest absolute Gasteiger partial charge is 0.461 e. The van der Waals surface area contributed by atoms with E-state index in [-0.39, 0.29) is 24.4 Å². The lowest BCUT2D eigenvalue weighted by Crippen LogP contribution is -2.19. The fourth-order valence-corrected chi connectivity index (χ4v) is 3.78. The van der Waals surface area contributed by atoms with Crippen molar-refractivity contribution in [1.82, 2.24) is 9.55 Å². The second kappa shape index (κ2) is 9.06. The quantitative estimate of drug-likeness (QED) is 0.309. The molecule has 0 aliphatic rings. The molecule has 0 amide bonds. The van der Waals surface area contributed by atoms with E-state index in [0.717, 1.165) is 28.2 Å². The number of nitrogens with zero attached hydrogens (tertiary/aromatic N) is 2. The third-order valence-electron chi connectivity index (χ3n) is 4.52. The summed E-state index contributed by atoms with van der Waals surface area (Å²) in [5.41, 5.74) is 3.49. The molecule has 0 saturated carbocycles. The van der Waals surface area contributed by atoms with Gasteiger partial charge in [-0.05, 0) is 44.0 Å². The predicted molar refractivity (Wildman–Crippen MR) is 112 cm³/mol. The Morgan fingerprint density at radius 3 is 2.71 bits per heavy atom. The molecule has 5 nitrogen and oxygen atoms in total. The molecule has 0 aliphatic heterocycles. The Hall–Kier alpha value is -2.60. The van der Waals surface area contributed by atoms with Gasteiger partial charge in [0.2, 0.25) is 0 Å². The summed E-state index contributed by atoms with van der Waals surface area (Å²) in [5, 5.41) is 0.760. The maximum Gasteiger partial charge on any atom is 0.326 e. The topological polar surface area (TPSA) is 61.2 Å². The van der Waals surface area contributed by atoms with Crippen LogP contribution in [-0.4, -0.2) is 27.4 Å². The monoisotopic (exact) mass is 396 g/mol. The molecule has 0 saturated heterocycles. The highest BCUT2D eigenvalue weighted by Crippen LogP contribution is 2.27. The number of aromatic nitrogens is 2. The van der Waals surface area contributed by atoms with E-state index in [1.54, 1.807) is 18.7 Å². The minimum Gasteiger partial charge on any atom is -0.461 e. The van der Waals surface area contributed by atoms with Crippen LogP contribution >= 0.6 is 11.8 Å². The molecule has 1 atom stereocenters. The van der Waals surface area contributed by atoms with Crippen molar-refractivity contribution >= 4 is 34.5 Å². The molecule has 3 aromatic rings. The molecule has 1 heterocycles. The summed E-state index contributed by atoms with van der Waals surface area (Å²) in [7, 11) is 0. The minimum atomic E-state index is -0.266. The molecular weight excluding hydrogens is 372 g/mol. The Balaban J connectivity index is 1.83. The van der Waals surface area contributed by atoms with Crippen LogP contribution < -0.4 is 0 Å². The molecule has 0 N–H and O–H groups in total. The average Bonchev–Trinajstić information content (AvgIpc) is 3.04. The van der Waals surface area contributed by atoms with Crippen molar-refractivity contribution in [3.63, 3.8) is 0 Å². The second-order valence-electron chi connectivity index (χ2n) is 6.72. The smallest absolute Gasteiger partial charge is 0.326 e. The Labute approximate surface area is 169 Å². The zero-order chi connectivity index (χ0) is 20.1. The number of thioether (sulfide) groups is 1. The van der Waals surface area contributed by atoms with Gasteiger partial charge in [0.05, 0.1) is 17.1 Å². The van der Waals surface area contributed by atoms with E-state index in [4.69, 9.17) is 4.74 Å². The van der Waals surface area contributed by atoms with E-state index in [1.807, 2.05) is 66.9 Å². The number of fused-ring (bicyclic) bond motifs is 1. The van der Waals surface area contributed by atoms with Gasteiger partial charge in [-0.15, -0.1) is 0 Å². The van der Waals surface area contributed by atoms with Gasteiger partial charge in [0.25, 0.3) is 0 Å². The first-order valence-electron chi connectivity index (χ1n) is 9.35. The van der Waals surface area contributed by atoms with Crippen LogP contribution in [0.3, 0.4) is 0 Å². The number of ether oxygens (including phenoxy) is 1. The van der Waals surface area contributed by atoms with Crippen molar-refractivity contribution in [2.75, 3.05) is 0 Å². The lowest BCUT2D eigenvalue weighted by molar-refractivity contribution is -0.149. The number of para-hydroxylation sites is 2. The Morgan fingerprint density at radius 2 is 1.96 bits per heavy atom. The van der Waals surface area contributed by atoms with Gasteiger partial charge in [-0.3, -0.25) is 9.59 Å². The van der Waals surface area contributed by atoms with Gasteiger partial charge < -0.3 is 9.30 Å². The molecule has 28 heavy (non-hydrogen) atoms. The number of carbonyl (C=O) groups excluding carboxylic acids is 2. The molecule has 0 aliphatic carbocycles. The van der Waals surface area contributed by atoms with Crippen molar-refractivity contribution in [3.8, 4) is 0 Å². The van der Waals surface area contributed by atoms with Crippen LogP contribution in [-0.2, 0) is 21.8 Å². The van der Waals surface area contributed by atoms with Crippen molar-refractivity contribution in [3.05, 3.63) is 59.7 Å². The molecule has 6 heteroatoms. The molecule has 146 valence electrons. The maximum absolute atomic E-state index is 12.4. The molecule has 1 aromatic heterocycles. The van der Waals surface area contributed by atoms with Crippen LogP contribution in [0.1, 0.15) is 43.1 Å². The van der Waals surface area contributed by atoms with Crippen molar-refractivity contribution < 1.29 is 14.3 Å². The van der Waals surface area contributed by atoms with Crippen LogP contribution in [0.25, 0.3) is 11.0 Å². The van der Waals surface area contributed by atoms with E-state index in [9.17, 15) is 9.59 Å². The van der Waals surface area contributed by atoms with Crippen LogP contribution in [0.15, 0.2) is 53.7 Å². The van der Waals surface area contributed by atoms with E-state index < -0.39 is 0 Å².